The van der Waals surface area contributed by atoms with Crippen LogP contribution in [0.4, 0.5) is 24.5 Å². The van der Waals surface area contributed by atoms with Crippen LogP contribution in [0.3, 0.4) is 0 Å². The maximum absolute atomic E-state index is 12.4. The van der Waals surface area contributed by atoms with Crippen molar-refractivity contribution in [2.24, 2.45) is 10.4 Å². The van der Waals surface area contributed by atoms with Crippen LogP contribution < -0.4 is 9.47 Å². The van der Waals surface area contributed by atoms with Gasteiger partial charge in [-0.2, -0.15) is 13.2 Å². The molecule has 3 aromatic rings. The molecule has 0 heterocycles. The van der Waals surface area contributed by atoms with Gasteiger partial charge in [-0.25, -0.2) is 14.4 Å². The molecule has 14 heteroatoms. The minimum atomic E-state index is -4.23. The van der Waals surface area contributed by atoms with E-state index in [-0.39, 0.29) is 54.5 Å². The SMILES string of the molecule is O=Nc1cc(N=O)cc(C(=O)OCCCCCCOC(=O)/C=C/c2ccc(OC(=O)c3ccc(OCCCC(F)(F)F)cc3)cc2)c1. The Bertz CT molecular complexity index is 1510. The molecule has 3 aromatic carbocycles. The second-order valence-corrected chi connectivity index (χ2v) is 10.0. The first-order valence-corrected chi connectivity index (χ1v) is 14.5. The molecule has 0 aliphatic heterocycles. The van der Waals surface area contributed by atoms with Crippen LogP contribution in [-0.2, 0) is 14.3 Å². The Kier molecular flexibility index (Phi) is 14.2. The van der Waals surface area contributed by atoms with Crippen LogP contribution in [0.2, 0.25) is 0 Å². The zero-order valence-electron chi connectivity index (χ0n) is 25.1. The van der Waals surface area contributed by atoms with Gasteiger partial charge in [-0.1, -0.05) is 12.1 Å². The van der Waals surface area contributed by atoms with Crippen LogP contribution >= 0.6 is 0 Å². The van der Waals surface area contributed by atoms with E-state index in [2.05, 4.69) is 10.4 Å². The van der Waals surface area contributed by atoms with Gasteiger partial charge in [0.05, 0.1) is 30.9 Å². The molecule has 0 spiro atoms. The molecule has 47 heavy (non-hydrogen) atoms. The Morgan fingerprint density at radius 3 is 1.85 bits per heavy atom. The third-order valence-corrected chi connectivity index (χ3v) is 6.33. The van der Waals surface area contributed by atoms with Gasteiger partial charge in [0.25, 0.3) is 0 Å². The summed E-state index contributed by atoms with van der Waals surface area (Å²) in [6, 6.07) is 15.8. The van der Waals surface area contributed by atoms with Crippen molar-refractivity contribution in [3.63, 3.8) is 0 Å². The van der Waals surface area contributed by atoms with Crippen LogP contribution in [-0.4, -0.2) is 43.9 Å². The standard InChI is InChI=1S/C33H31F3N2O9/c34-33(35,36)16-5-19-44-28-13-9-24(10-14-28)32(41)47-29-11-6-23(7-12-29)8-15-30(39)45-17-3-1-2-4-18-46-31(40)25-20-26(37-42)22-27(21-25)38-43/h6-15,20-22H,1-5,16-19H2/b15-8+. The van der Waals surface area contributed by atoms with Crippen molar-refractivity contribution in [1.82, 2.24) is 0 Å². The second kappa shape index (κ2) is 18.5. The van der Waals surface area contributed by atoms with E-state index >= 15 is 0 Å². The second-order valence-electron chi connectivity index (χ2n) is 10.0. The van der Waals surface area contributed by atoms with E-state index < -0.39 is 30.5 Å². The van der Waals surface area contributed by atoms with Gasteiger partial charge in [0.1, 0.15) is 22.9 Å². The molecule has 0 radical (unpaired) electrons. The fraction of sp³-hybridized carbons (Fsp3) is 0.303. The molecule has 0 bridgehead atoms. The topological polar surface area (TPSA) is 147 Å². The van der Waals surface area contributed by atoms with E-state index in [0.717, 1.165) is 12.5 Å². The van der Waals surface area contributed by atoms with E-state index in [4.69, 9.17) is 18.9 Å². The maximum Gasteiger partial charge on any atom is 0.389 e. The zero-order chi connectivity index (χ0) is 34.1. The summed E-state index contributed by atoms with van der Waals surface area (Å²) in [7, 11) is 0. The molecule has 0 atom stereocenters. The number of carbonyl (C=O) groups excluding carboxylic acids is 3. The number of nitroso groups, excluding NO2 is 2. The maximum atomic E-state index is 12.4. The molecule has 0 amide bonds. The van der Waals surface area contributed by atoms with Crippen LogP contribution in [0.1, 0.15) is 64.8 Å². The third-order valence-electron chi connectivity index (χ3n) is 6.33. The summed E-state index contributed by atoms with van der Waals surface area (Å²) >= 11 is 0. The van der Waals surface area contributed by atoms with Crippen molar-refractivity contribution in [2.75, 3.05) is 19.8 Å². The van der Waals surface area contributed by atoms with E-state index in [1.165, 1.54) is 42.5 Å². The number of halogens is 3. The largest absolute Gasteiger partial charge is 0.494 e. The van der Waals surface area contributed by atoms with Crippen LogP contribution in [0.15, 0.2) is 83.2 Å². The van der Waals surface area contributed by atoms with Gasteiger partial charge >= 0.3 is 24.1 Å². The summed E-state index contributed by atoms with van der Waals surface area (Å²) in [4.78, 5) is 57.9. The lowest BCUT2D eigenvalue weighted by atomic mass is 10.2. The van der Waals surface area contributed by atoms with Crippen LogP contribution in [0.25, 0.3) is 6.08 Å². The molecule has 0 unspecified atom stereocenters. The monoisotopic (exact) mass is 656 g/mol. The first kappa shape index (κ1) is 36.1. The molecule has 0 saturated heterocycles. The minimum Gasteiger partial charge on any atom is -0.494 e. The number of unbranched alkanes of at least 4 members (excludes halogenated alkanes) is 3. The lowest BCUT2D eigenvalue weighted by Gasteiger charge is -2.09. The van der Waals surface area contributed by atoms with E-state index in [1.807, 2.05) is 0 Å². The number of hydrogen-bond acceptors (Lipinski definition) is 11. The van der Waals surface area contributed by atoms with Gasteiger partial charge in [0.2, 0.25) is 0 Å². The summed E-state index contributed by atoms with van der Waals surface area (Å²) in [6.45, 7) is 0.233. The highest BCUT2D eigenvalue weighted by Crippen LogP contribution is 2.24. The number of benzene rings is 3. The molecule has 248 valence electrons. The van der Waals surface area contributed by atoms with Gasteiger partial charge in [0, 0.05) is 12.5 Å². The Labute approximate surface area is 267 Å². The van der Waals surface area contributed by atoms with Crippen molar-refractivity contribution in [3.05, 3.63) is 99.3 Å². The average molecular weight is 657 g/mol. The number of ether oxygens (including phenoxy) is 4. The molecule has 0 fully saturated rings. The molecule has 0 aliphatic rings. The van der Waals surface area contributed by atoms with E-state index in [9.17, 15) is 37.4 Å². The number of nitrogens with zero attached hydrogens (tertiary/aromatic N) is 2. The molecule has 3 rings (SSSR count). The quantitative estimate of drug-likeness (QED) is 0.0433. The normalized spacial score (nSPS) is 11.1. The van der Waals surface area contributed by atoms with Gasteiger partial charge in [-0.15, -0.1) is 9.81 Å². The Hall–Kier alpha value is -5.40. The predicted octanol–water partition coefficient (Wildman–Crippen LogP) is 8.40. The Morgan fingerprint density at radius 1 is 0.660 bits per heavy atom. The third kappa shape index (κ3) is 13.6. The highest BCUT2D eigenvalue weighted by molar-refractivity contribution is 5.92. The van der Waals surface area contributed by atoms with E-state index in [1.54, 1.807) is 30.3 Å². The molecule has 0 N–H and O–H groups in total. The van der Waals surface area contributed by atoms with Crippen molar-refractivity contribution >= 4 is 35.4 Å². The molecular weight excluding hydrogens is 625 g/mol. The van der Waals surface area contributed by atoms with Crippen LogP contribution in [0, 0.1) is 9.81 Å². The first-order chi connectivity index (χ1) is 22.6. The van der Waals surface area contributed by atoms with Crippen molar-refractivity contribution < 1.29 is 46.5 Å². The fourth-order valence-corrected chi connectivity index (χ4v) is 3.97. The Morgan fingerprint density at radius 2 is 1.26 bits per heavy atom. The molecule has 0 saturated carbocycles. The number of alkyl halides is 3. The van der Waals surface area contributed by atoms with Gasteiger partial charge < -0.3 is 18.9 Å². The summed E-state index contributed by atoms with van der Waals surface area (Å²) in [5, 5.41) is 5.40. The number of rotatable bonds is 18. The number of hydrogen-bond donors (Lipinski definition) is 0. The van der Waals surface area contributed by atoms with Crippen molar-refractivity contribution in [1.29, 1.82) is 0 Å². The van der Waals surface area contributed by atoms with Crippen molar-refractivity contribution in [2.45, 2.75) is 44.7 Å². The van der Waals surface area contributed by atoms with Gasteiger partial charge in [-0.05, 0) is 109 Å². The highest BCUT2D eigenvalue weighted by Gasteiger charge is 2.26. The van der Waals surface area contributed by atoms with Gasteiger partial charge in [-0.3, -0.25) is 0 Å². The van der Waals surface area contributed by atoms with Gasteiger partial charge in [0.15, 0.2) is 0 Å². The lowest BCUT2D eigenvalue weighted by molar-refractivity contribution is -0.138. The lowest BCUT2D eigenvalue weighted by Crippen LogP contribution is -2.10. The predicted molar refractivity (Wildman–Crippen MR) is 165 cm³/mol. The average Bonchev–Trinajstić information content (AvgIpc) is 3.07. The molecule has 11 nitrogen and oxygen atoms in total. The summed E-state index contributed by atoms with van der Waals surface area (Å²) < 4.78 is 57.5. The van der Waals surface area contributed by atoms with E-state index in [0.29, 0.717) is 30.6 Å². The molecule has 0 aliphatic carbocycles. The zero-order valence-corrected chi connectivity index (χ0v) is 25.1. The van der Waals surface area contributed by atoms with Crippen molar-refractivity contribution in [3.8, 4) is 11.5 Å². The fourth-order valence-electron chi connectivity index (χ4n) is 3.97. The molecule has 0 aromatic heterocycles. The molecular formula is C33H31F3N2O9. The highest BCUT2D eigenvalue weighted by atomic mass is 19.4. The number of esters is 3. The number of carbonyl (C=O) groups is 3. The summed E-state index contributed by atoms with van der Waals surface area (Å²) in [5.41, 5.74) is 0.697. The minimum absolute atomic E-state index is 0.00771. The summed E-state index contributed by atoms with van der Waals surface area (Å²) in [5.74, 6) is -1.25. The first-order valence-electron chi connectivity index (χ1n) is 14.5. The summed E-state index contributed by atoms with van der Waals surface area (Å²) in [6.07, 6.45) is 0.0827. The smallest absolute Gasteiger partial charge is 0.389 e. The van der Waals surface area contributed by atoms with Crippen LogP contribution in [0.5, 0.6) is 11.5 Å². The Balaban J connectivity index is 1.28.